The minimum absolute atomic E-state index is 0.0167. The average molecular weight is 255 g/mol. The fraction of sp³-hybridized carbons (Fsp3) is 0.0769. The number of nitriles is 1. The van der Waals surface area contributed by atoms with Crippen LogP contribution in [-0.4, -0.2) is 9.91 Å². The van der Waals surface area contributed by atoms with Crippen LogP contribution in [0.2, 0.25) is 0 Å². The van der Waals surface area contributed by atoms with E-state index in [1.807, 2.05) is 6.07 Å². The Balaban J connectivity index is 2.02. The van der Waals surface area contributed by atoms with Crippen LogP contribution in [-0.2, 0) is 6.61 Å². The molecule has 94 valence electrons. The molecule has 0 unspecified atom stereocenters. The molecule has 0 aliphatic rings. The first-order valence-electron chi connectivity index (χ1n) is 5.41. The summed E-state index contributed by atoms with van der Waals surface area (Å²) >= 11 is 0. The Kier molecular flexibility index (Phi) is 3.69. The molecule has 19 heavy (non-hydrogen) atoms. The van der Waals surface area contributed by atoms with Crippen molar-refractivity contribution in [3.8, 4) is 11.8 Å². The maximum absolute atomic E-state index is 10.5. The van der Waals surface area contributed by atoms with Crippen molar-refractivity contribution in [1.29, 1.82) is 5.26 Å². The number of aromatic nitrogens is 1. The topological polar surface area (TPSA) is 89.0 Å². The van der Waals surface area contributed by atoms with Crippen LogP contribution in [0.1, 0.15) is 11.3 Å². The second kappa shape index (κ2) is 5.60. The van der Waals surface area contributed by atoms with E-state index in [0.717, 1.165) is 5.56 Å². The summed E-state index contributed by atoms with van der Waals surface area (Å²) in [7, 11) is 0. The van der Waals surface area contributed by atoms with Crippen LogP contribution >= 0.6 is 0 Å². The van der Waals surface area contributed by atoms with E-state index < -0.39 is 4.92 Å². The van der Waals surface area contributed by atoms with Crippen molar-refractivity contribution in [2.45, 2.75) is 6.61 Å². The first-order chi connectivity index (χ1) is 9.19. The molecule has 0 aliphatic heterocycles. The molecule has 1 aromatic carbocycles. The SMILES string of the molecule is N#Cc1cc(COc2ccc([N+](=O)[O-])cc2)ccn1. The summed E-state index contributed by atoms with van der Waals surface area (Å²) in [5.41, 5.74) is 1.15. The normalized spacial score (nSPS) is 9.63. The maximum atomic E-state index is 10.5. The first-order valence-corrected chi connectivity index (χ1v) is 5.41. The molecule has 0 radical (unpaired) electrons. The molecule has 0 spiro atoms. The van der Waals surface area contributed by atoms with Crippen LogP contribution in [0.5, 0.6) is 5.75 Å². The highest BCUT2D eigenvalue weighted by atomic mass is 16.6. The lowest BCUT2D eigenvalue weighted by molar-refractivity contribution is -0.384. The standard InChI is InChI=1S/C13H9N3O3/c14-8-11-7-10(5-6-15-11)9-19-13-3-1-12(2-4-13)16(17)18/h1-7H,9H2. The minimum Gasteiger partial charge on any atom is -0.489 e. The summed E-state index contributed by atoms with van der Waals surface area (Å²) in [6.07, 6.45) is 1.53. The molecule has 0 fully saturated rings. The molecule has 0 saturated heterocycles. The highest BCUT2D eigenvalue weighted by Crippen LogP contribution is 2.18. The number of ether oxygens (including phenoxy) is 1. The quantitative estimate of drug-likeness (QED) is 0.618. The van der Waals surface area contributed by atoms with Gasteiger partial charge in [-0.25, -0.2) is 4.98 Å². The number of hydrogen-bond acceptors (Lipinski definition) is 5. The van der Waals surface area contributed by atoms with Crippen molar-refractivity contribution in [3.63, 3.8) is 0 Å². The lowest BCUT2D eigenvalue weighted by atomic mass is 10.2. The van der Waals surface area contributed by atoms with Gasteiger partial charge in [0.15, 0.2) is 0 Å². The number of nitrogens with zero attached hydrogens (tertiary/aromatic N) is 3. The van der Waals surface area contributed by atoms with E-state index in [1.165, 1.54) is 30.5 Å². The molecule has 0 aliphatic carbocycles. The van der Waals surface area contributed by atoms with Gasteiger partial charge in [-0.15, -0.1) is 0 Å². The third-order valence-electron chi connectivity index (χ3n) is 2.39. The van der Waals surface area contributed by atoms with Crippen molar-refractivity contribution in [2.75, 3.05) is 0 Å². The van der Waals surface area contributed by atoms with Crippen LogP contribution in [0, 0.1) is 21.4 Å². The molecule has 0 N–H and O–H groups in total. The van der Waals surface area contributed by atoms with Crippen molar-refractivity contribution in [2.24, 2.45) is 0 Å². The zero-order chi connectivity index (χ0) is 13.7. The Morgan fingerprint density at radius 2 is 2.05 bits per heavy atom. The van der Waals surface area contributed by atoms with Crippen LogP contribution in [0.4, 0.5) is 5.69 Å². The highest BCUT2D eigenvalue weighted by Gasteiger charge is 2.04. The van der Waals surface area contributed by atoms with E-state index in [1.54, 1.807) is 12.1 Å². The van der Waals surface area contributed by atoms with Gasteiger partial charge in [0.2, 0.25) is 0 Å². The van der Waals surface area contributed by atoms with Gasteiger partial charge in [0.25, 0.3) is 5.69 Å². The van der Waals surface area contributed by atoms with Crippen LogP contribution in [0.15, 0.2) is 42.6 Å². The molecule has 0 atom stereocenters. The van der Waals surface area contributed by atoms with Crippen LogP contribution < -0.4 is 4.74 Å². The second-order valence-corrected chi connectivity index (χ2v) is 3.70. The van der Waals surface area contributed by atoms with Crippen molar-refractivity contribution in [3.05, 3.63) is 64.0 Å². The molecule has 2 rings (SSSR count). The van der Waals surface area contributed by atoms with Crippen LogP contribution in [0.25, 0.3) is 0 Å². The number of nitro benzene ring substituents is 1. The minimum atomic E-state index is -0.466. The van der Waals surface area contributed by atoms with Gasteiger partial charge >= 0.3 is 0 Å². The largest absolute Gasteiger partial charge is 0.489 e. The van der Waals surface area contributed by atoms with Gasteiger partial charge in [-0.3, -0.25) is 10.1 Å². The van der Waals surface area contributed by atoms with Gasteiger partial charge in [-0.05, 0) is 29.8 Å². The fourth-order valence-electron chi connectivity index (χ4n) is 1.46. The Bertz CT molecular complexity index is 632. The molecule has 0 bridgehead atoms. The summed E-state index contributed by atoms with van der Waals surface area (Å²) in [5, 5.41) is 19.2. The summed E-state index contributed by atoms with van der Waals surface area (Å²) < 4.78 is 5.47. The van der Waals surface area contributed by atoms with Gasteiger partial charge in [-0.1, -0.05) is 0 Å². The smallest absolute Gasteiger partial charge is 0.269 e. The number of nitro groups is 1. The van der Waals surface area contributed by atoms with E-state index >= 15 is 0 Å². The fourth-order valence-corrected chi connectivity index (χ4v) is 1.46. The molecular formula is C13H9N3O3. The predicted molar refractivity (Wildman–Crippen MR) is 66.4 cm³/mol. The number of rotatable bonds is 4. The average Bonchev–Trinajstić information content (AvgIpc) is 2.46. The molecule has 6 nitrogen and oxygen atoms in total. The van der Waals surface area contributed by atoms with E-state index in [-0.39, 0.29) is 12.3 Å². The van der Waals surface area contributed by atoms with Gasteiger partial charge < -0.3 is 4.74 Å². The number of hydrogen-bond donors (Lipinski definition) is 0. The molecule has 2 aromatic rings. The van der Waals surface area contributed by atoms with Gasteiger partial charge in [0.05, 0.1) is 4.92 Å². The third kappa shape index (κ3) is 3.26. The van der Waals surface area contributed by atoms with Gasteiger partial charge in [-0.2, -0.15) is 5.26 Å². The molecule has 6 heteroatoms. The predicted octanol–water partition coefficient (Wildman–Crippen LogP) is 2.44. The Labute approximate surface area is 109 Å². The summed E-state index contributed by atoms with van der Waals surface area (Å²) in [6.45, 7) is 0.273. The van der Waals surface area contributed by atoms with Crippen molar-refractivity contribution < 1.29 is 9.66 Å². The zero-order valence-corrected chi connectivity index (χ0v) is 9.81. The Morgan fingerprint density at radius 1 is 1.32 bits per heavy atom. The maximum Gasteiger partial charge on any atom is 0.269 e. The highest BCUT2D eigenvalue weighted by molar-refractivity contribution is 5.36. The van der Waals surface area contributed by atoms with Crippen molar-refractivity contribution >= 4 is 5.69 Å². The van der Waals surface area contributed by atoms with Crippen molar-refractivity contribution in [1.82, 2.24) is 4.98 Å². The summed E-state index contributed by atoms with van der Waals surface area (Å²) in [5.74, 6) is 0.529. The molecule has 1 heterocycles. The van der Waals surface area contributed by atoms with E-state index in [2.05, 4.69) is 4.98 Å². The first kappa shape index (κ1) is 12.5. The lowest BCUT2D eigenvalue weighted by Crippen LogP contribution is -1.97. The summed E-state index contributed by atoms with van der Waals surface area (Å²) in [6, 6.07) is 11.1. The second-order valence-electron chi connectivity index (χ2n) is 3.70. The molecular weight excluding hydrogens is 246 g/mol. The van der Waals surface area contributed by atoms with E-state index in [4.69, 9.17) is 10.00 Å². The van der Waals surface area contributed by atoms with Crippen LogP contribution in [0.3, 0.4) is 0 Å². The third-order valence-corrected chi connectivity index (χ3v) is 2.39. The number of non-ortho nitro benzene ring substituents is 1. The van der Waals surface area contributed by atoms with Gasteiger partial charge in [0.1, 0.15) is 24.1 Å². The summed E-state index contributed by atoms with van der Waals surface area (Å²) in [4.78, 5) is 13.9. The molecule has 0 saturated carbocycles. The molecule has 1 aromatic heterocycles. The number of benzene rings is 1. The number of pyridine rings is 1. The zero-order valence-electron chi connectivity index (χ0n) is 9.81. The Morgan fingerprint density at radius 3 is 2.68 bits per heavy atom. The Hall–Kier alpha value is -2.94. The monoisotopic (exact) mass is 255 g/mol. The van der Waals surface area contributed by atoms with E-state index in [0.29, 0.717) is 11.4 Å². The molecule has 0 amide bonds. The lowest BCUT2D eigenvalue weighted by Gasteiger charge is -2.05. The van der Waals surface area contributed by atoms with Gasteiger partial charge in [0, 0.05) is 18.3 Å². The van der Waals surface area contributed by atoms with E-state index in [9.17, 15) is 10.1 Å².